The first-order chi connectivity index (χ1) is 16.7. The van der Waals surface area contributed by atoms with Gasteiger partial charge in [-0.1, -0.05) is 24.3 Å². The molecule has 1 aliphatic rings. The number of hydrogen-bond acceptors (Lipinski definition) is 4. The molecule has 0 bridgehead atoms. The number of aryl methyl sites for hydroxylation is 1. The first-order valence-electron chi connectivity index (χ1n) is 11.8. The highest BCUT2D eigenvalue weighted by Crippen LogP contribution is 2.29. The molecule has 0 aliphatic carbocycles. The summed E-state index contributed by atoms with van der Waals surface area (Å²) in [5, 5.41) is 3.01. The summed E-state index contributed by atoms with van der Waals surface area (Å²) in [7, 11) is 0. The fraction of sp³-hybridized carbons (Fsp3) is 0.308. The number of likely N-dealkylation sites (tertiary alicyclic amines) is 1. The van der Waals surface area contributed by atoms with Gasteiger partial charge in [0, 0.05) is 56.3 Å². The molecular formula is C26H28N6O2. The summed E-state index contributed by atoms with van der Waals surface area (Å²) in [4.78, 5) is 36.8. The fourth-order valence-electron chi connectivity index (χ4n) is 4.62. The summed E-state index contributed by atoms with van der Waals surface area (Å²) in [6.45, 7) is 2.68. The van der Waals surface area contributed by atoms with E-state index < -0.39 is 0 Å². The molecule has 4 aromatic rings. The quantitative estimate of drug-likeness (QED) is 0.432. The van der Waals surface area contributed by atoms with Crippen LogP contribution in [0.3, 0.4) is 0 Å². The number of nitrogens with one attached hydrogen (secondary N) is 1. The van der Waals surface area contributed by atoms with E-state index in [-0.39, 0.29) is 17.7 Å². The molecule has 1 N–H and O–H groups in total. The van der Waals surface area contributed by atoms with E-state index in [1.54, 1.807) is 12.5 Å². The van der Waals surface area contributed by atoms with Crippen molar-refractivity contribution >= 4 is 17.3 Å². The van der Waals surface area contributed by atoms with Crippen LogP contribution in [0.15, 0.2) is 73.4 Å². The molecule has 1 saturated heterocycles. The van der Waals surface area contributed by atoms with Gasteiger partial charge in [0.1, 0.15) is 5.82 Å². The Morgan fingerprint density at radius 2 is 1.91 bits per heavy atom. The zero-order chi connectivity index (χ0) is 23.3. The van der Waals surface area contributed by atoms with Crippen molar-refractivity contribution in [3.8, 4) is 0 Å². The fourth-order valence-corrected chi connectivity index (χ4v) is 4.62. The lowest BCUT2D eigenvalue weighted by Crippen LogP contribution is -2.39. The van der Waals surface area contributed by atoms with Crippen LogP contribution in [0.4, 0.5) is 0 Å². The highest BCUT2D eigenvalue weighted by atomic mass is 16.2. The van der Waals surface area contributed by atoms with Crippen molar-refractivity contribution in [3.05, 3.63) is 90.5 Å². The van der Waals surface area contributed by atoms with E-state index in [2.05, 4.69) is 10.3 Å². The monoisotopic (exact) mass is 456 g/mol. The number of amides is 2. The van der Waals surface area contributed by atoms with Crippen LogP contribution >= 0.6 is 0 Å². The molecule has 34 heavy (non-hydrogen) atoms. The number of benzene rings is 1. The number of aromatic nitrogens is 4. The molecule has 174 valence electrons. The summed E-state index contributed by atoms with van der Waals surface area (Å²) >= 11 is 0. The van der Waals surface area contributed by atoms with Crippen LogP contribution in [-0.4, -0.2) is 55.3 Å². The van der Waals surface area contributed by atoms with Gasteiger partial charge in [-0.15, -0.1) is 0 Å². The zero-order valence-corrected chi connectivity index (χ0v) is 19.0. The van der Waals surface area contributed by atoms with E-state index in [0.29, 0.717) is 24.3 Å². The molecule has 0 spiro atoms. The molecule has 1 aromatic carbocycles. The molecule has 1 atom stereocenters. The standard InChI is InChI=1S/C26H28N6O2/c33-25(28-12-7-14-30-17-13-27-19-30)23-22-11-4-5-16-32(22)24(29-23)21-10-6-15-31(18-21)26(34)20-8-2-1-3-9-20/h1-5,8-9,11,13,16-17,19,21H,6-7,10,12,14-15,18H2,(H,28,33). The molecule has 8 nitrogen and oxygen atoms in total. The predicted molar refractivity (Wildman–Crippen MR) is 129 cm³/mol. The number of rotatable bonds is 7. The lowest BCUT2D eigenvalue weighted by molar-refractivity contribution is 0.0703. The van der Waals surface area contributed by atoms with E-state index in [9.17, 15) is 9.59 Å². The summed E-state index contributed by atoms with van der Waals surface area (Å²) in [5.74, 6) is 0.777. The minimum absolute atomic E-state index is 0.0435. The zero-order valence-electron chi connectivity index (χ0n) is 19.0. The molecule has 1 unspecified atom stereocenters. The second kappa shape index (κ2) is 9.91. The van der Waals surface area contributed by atoms with Gasteiger partial charge < -0.3 is 19.2 Å². The lowest BCUT2D eigenvalue weighted by atomic mass is 9.96. The second-order valence-electron chi connectivity index (χ2n) is 8.64. The maximum atomic E-state index is 13.0. The molecule has 2 amide bonds. The Morgan fingerprint density at radius 1 is 1.06 bits per heavy atom. The van der Waals surface area contributed by atoms with Gasteiger partial charge >= 0.3 is 0 Å². The van der Waals surface area contributed by atoms with E-state index in [1.807, 2.05) is 74.8 Å². The Balaban J connectivity index is 1.31. The Bertz CT molecular complexity index is 1270. The van der Waals surface area contributed by atoms with Crippen LogP contribution in [0.2, 0.25) is 0 Å². The number of fused-ring (bicyclic) bond motifs is 1. The number of carbonyl (C=O) groups excluding carboxylic acids is 2. The molecule has 8 heteroatoms. The highest BCUT2D eigenvalue weighted by molar-refractivity contribution is 5.99. The minimum Gasteiger partial charge on any atom is -0.351 e. The number of hydrogen-bond donors (Lipinski definition) is 1. The molecule has 1 fully saturated rings. The van der Waals surface area contributed by atoms with E-state index in [0.717, 1.165) is 43.7 Å². The van der Waals surface area contributed by atoms with Crippen molar-refractivity contribution < 1.29 is 9.59 Å². The summed E-state index contributed by atoms with van der Waals surface area (Å²) in [6, 6.07) is 15.2. The number of piperidine rings is 1. The molecule has 0 radical (unpaired) electrons. The number of pyridine rings is 1. The van der Waals surface area contributed by atoms with Crippen LogP contribution in [0.1, 0.15) is 51.9 Å². The normalized spacial score (nSPS) is 16.0. The molecule has 5 rings (SSSR count). The van der Waals surface area contributed by atoms with Crippen LogP contribution in [0.5, 0.6) is 0 Å². The van der Waals surface area contributed by atoms with Gasteiger partial charge in [0.05, 0.1) is 11.8 Å². The first kappa shape index (κ1) is 21.9. The van der Waals surface area contributed by atoms with Crippen molar-refractivity contribution in [3.63, 3.8) is 0 Å². The molecule has 3 aromatic heterocycles. The molecule has 4 heterocycles. The average Bonchev–Trinajstić information content (AvgIpc) is 3.55. The smallest absolute Gasteiger partial charge is 0.272 e. The Kier molecular flexibility index (Phi) is 6.38. The predicted octanol–water partition coefficient (Wildman–Crippen LogP) is 3.37. The SMILES string of the molecule is O=C(NCCCn1ccnc1)c1nc(C2CCCN(C(=O)c3ccccc3)C2)n2ccccc12. The van der Waals surface area contributed by atoms with Crippen molar-refractivity contribution in [1.29, 1.82) is 0 Å². The van der Waals surface area contributed by atoms with E-state index in [4.69, 9.17) is 4.98 Å². The van der Waals surface area contributed by atoms with Gasteiger partial charge in [-0.05, 0) is 43.5 Å². The van der Waals surface area contributed by atoms with Crippen molar-refractivity contribution in [2.45, 2.75) is 31.7 Å². The van der Waals surface area contributed by atoms with E-state index >= 15 is 0 Å². The number of imidazole rings is 2. The number of nitrogens with zero attached hydrogens (tertiary/aromatic N) is 5. The third kappa shape index (κ3) is 4.57. The van der Waals surface area contributed by atoms with Gasteiger partial charge in [0.2, 0.25) is 0 Å². The minimum atomic E-state index is -0.173. The third-order valence-corrected chi connectivity index (χ3v) is 6.32. The molecule has 0 saturated carbocycles. The third-order valence-electron chi connectivity index (χ3n) is 6.32. The topological polar surface area (TPSA) is 84.5 Å². The Morgan fingerprint density at radius 3 is 2.74 bits per heavy atom. The summed E-state index contributed by atoms with van der Waals surface area (Å²) < 4.78 is 3.99. The van der Waals surface area contributed by atoms with Crippen molar-refractivity contribution in [2.75, 3.05) is 19.6 Å². The average molecular weight is 457 g/mol. The van der Waals surface area contributed by atoms with Gasteiger partial charge in [-0.3, -0.25) is 9.59 Å². The van der Waals surface area contributed by atoms with Gasteiger partial charge in [-0.25, -0.2) is 9.97 Å². The van der Waals surface area contributed by atoms with Crippen molar-refractivity contribution in [2.24, 2.45) is 0 Å². The molecule has 1 aliphatic heterocycles. The van der Waals surface area contributed by atoms with Crippen LogP contribution in [-0.2, 0) is 6.54 Å². The summed E-state index contributed by atoms with van der Waals surface area (Å²) in [6.07, 6.45) is 10.0. The maximum Gasteiger partial charge on any atom is 0.272 e. The van der Waals surface area contributed by atoms with Gasteiger partial charge in [0.25, 0.3) is 11.8 Å². The lowest BCUT2D eigenvalue weighted by Gasteiger charge is -2.32. The van der Waals surface area contributed by atoms with Gasteiger partial charge in [0.15, 0.2) is 5.69 Å². The number of carbonyl (C=O) groups is 2. The Labute approximate surface area is 198 Å². The van der Waals surface area contributed by atoms with E-state index in [1.165, 1.54) is 0 Å². The second-order valence-corrected chi connectivity index (χ2v) is 8.64. The molecular weight excluding hydrogens is 428 g/mol. The highest BCUT2D eigenvalue weighted by Gasteiger charge is 2.29. The summed E-state index contributed by atoms with van der Waals surface area (Å²) in [5.41, 5.74) is 1.92. The first-order valence-corrected chi connectivity index (χ1v) is 11.8. The Hall–Kier alpha value is -3.94. The van der Waals surface area contributed by atoms with Crippen LogP contribution in [0.25, 0.3) is 5.52 Å². The van der Waals surface area contributed by atoms with Crippen molar-refractivity contribution in [1.82, 2.24) is 29.2 Å². The van der Waals surface area contributed by atoms with Gasteiger partial charge in [-0.2, -0.15) is 0 Å². The maximum absolute atomic E-state index is 13.0. The largest absolute Gasteiger partial charge is 0.351 e. The van der Waals surface area contributed by atoms with Crippen LogP contribution in [0, 0.1) is 0 Å². The van der Waals surface area contributed by atoms with Crippen LogP contribution < -0.4 is 5.32 Å².